The molecule has 0 saturated heterocycles. The topological polar surface area (TPSA) is 131 Å². The minimum Gasteiger partial charge on any atom is -0.496 e. The van der Waals surface area contributed by atoms with Gasteiger partial charge in [-0.3, -0.25) is 9.59 Å². The summed E-state index contributed by atoms with van der Waals surface area (Å²) in [5.74, 6) is -0.00111. The second-order valence-corrected chi connectivity index (χ2v) is 14.5. The number of carbonyl (C=O) groups is 3. The summed E-state index contributed by atoms with van der Waals surface area (Å²) in [6.07, 6.45) is 9.45. The first kappa shape index (κ1) is 35.3. The van der Waals surface area contributed by atoms with Crippen LogP contribution < -0.4 is 14.8 Å². The zero-order valence-electron chi connectivity index (χ0n) is 28.8. The van der Waals surface area contributed by atoms with Gasteiger partial charge in [-0.2, -0.15) is 0 Å². The van der Waals surface area contributed by atoms with Crippen LogP contribution in [-0.4, -0.2) is 70.6 Å². The summed E-state index contributed by atoms with van der Waals surface area (Å²) in [4.78, 5) is 48.3. The van der Waals surface area contributed by atoms with Gasteiger partial charge in [0.15, 0.2) is 0 Å². The quantitative estimate of drug-likeness (QED) is 0.0968. The minimum atomic E-state index is -1.27. The molecule has 0 bridgehead atoms. The normalized spacial score (nSPS) is 23.5. The van der Waals surface area contributed by atoms with Gasteiger partial charge in [-0.15, -0.1) is 11.3 Å². The SMILES string of the molecule is CC[C@@H]1C[C@H](Oc2cc(-c3nc(C(C)C)cs3)nc3c(C)c(OC)ccc23)CC1C(=O)N[C@]1(C(=O)O)C[C@H]1/C=C\CCCCN(C)C=O. The standard InChI is InChI=1S/C37H48N4O6S/c1-7-24-16-26(17-28(24)34(43)40-37(36(44)45)19-25(37)12-10-8-9-11-15-41(5)21-42)47-32-18-29(35-39-30(20-48-35)22(2)3)38-33-23(4)31(46-6)14-13-27(32)33/h10,12-14,18,20-22,24-26,28H,7-9,11,15-17,19H2,1-6H3,(H,40,43)(H,44,45)/b12-10-/t24-,25-,26+,28?,37-/m1/s1. The van der Waals surface area contributed by atoms with Gasteiger partial charge in [-0.25, -0.2) is 14.8 Å². The molecule has 3 aromatic rings. The van der Waals surface area contributed by atoms with Crippen LogP contribution in [0.1, 0.15) is 82.9 Å². The lowest BCUT2D eigenvalue weighted by molar-refractivity contribution is -0.144. The number of carboxylic acid groups (broad SMARTS) is 1. The predicted octanol–water partition coefficient (Wildman–Crippen LogP) is 6.76. The zero-order chi connectivity index (χ0) is 34.6. The molecule has 2 fully saturated rings. The largest absolute Gasteiger partial charge is 0.496 e. The van der Waals surface area contributed by atoms with Crippen molar-refractivity contribution in [1.82, 2.24) is 20.2 Å². The van der Waals surface area contributed by atoms with Crippen molar-refractivity contribution in [1.29, 1.82) is 0 Å². The lowest BCUT2D eigenvalue weighted by atomic mass is 9.92. The first-order valence-electron chi connectivity index (χ1n) is 17.0. The molecular formula is C37H48N4O6S. The van der Waals surface area contributed by atoms with Crippen LogP contribution in [0.4, 0.5) is 0 Å². The molecular weight excluding hydrogens is 628 g/mol. The van der Waals surface area contributed by atoms with Crippen molar-refractivity contribution in [3.8, 4) is 22.2 Å². The number of hydrogen-bond acceptors (Lipinski definition) is 8. The lowest BCUT2D eigenvalue weighted by Crippen LogP contribution is -2.47. The molecule has 1 aromatic carbocycles. The highest BCUT2D eigenvalue weighted by Gasteiger charge is 2.61. The molecule has 2 heterocycles. The van der Waals surface area contributed by atoms with Crippen LogP contribution in [0, 0.1) is 24.7 Å². The number of carboxylic acids is 1. The molecule has 258 valence electrons. The number of hydrogen-bond donors (Lipinski definition) is 2. The van der Waals surface area contributed by atoms with Crippen LogP contribution in [0.2, 0.25) is 0 Å². The molecule has 0 radical (unpaired) electrons. The van der Waals surface area contributed by atoms with Crippen molar-refractivity contribution in [2.24, 2.45) is 17.8 Å². The van der Waals surface area contributed by atoms with E-state index in [2.05, 4.69) is 31.5 Å². The second kappa shape index (κ2) is 15.1. The molecule has 2 saturated carbocycles. The highest BCUT2D eigenvalue weighted by Crippen LogP contribution is 2.47. The summed E-state index contributed by atoms with van der Waals surface area (Å²) in [7, 11) is 3.40. The third kappa shape index (κ3) is 7.51. The van der Waals surface area contributed by atoms with Crippen molar-refractivity contribution in [3.05, 3.63) is 47.0 Å². The van der Waals surface area contributed by atoms with Crippen molar-refractivity contribution in [2.45, 2.75) is 90.2 Å². The highest BCUT2D eigenvalue weighted by atomic mass is 32.1. The van der Waals surface area contributed by atoms with Gasteiger partial charge in [0.1, 0.15) is 27.7 Å². The number of rotatable bonds is 16. The van der Waals surface area contributed by atoms with Crippen molar-refractivity contribution >= 4 is 40.5 Å². The number of nitrogens with one attached hydrogen (secondary N) is 1. The molecule has 2 aromatic heterocycles. The zero-order valence-corrected chi connectivity index (χ0v) is 29.6. The summed E-state index contributed by atoms with van der Waals surface area (Å²) in [6, 6.07) is 5.84. The maximum absolute atomic E-state index is 13.7. The summed E-state index contributed by atoms with van der Waals surface area (Å²) in [5.41, 5.74) is 2.18. The first-order valence-corrected chi connectivity index (χ1v) is 17.9. The van der Waals surface area contributed by atoms with Gasteiger partial charge in [0.2, 0.25) is 12.3 Å². The van der Waals surface area contributed by atoms with E-state index >= 15 is 0 Å². The number of allylic oxidation sites excluding steroid dienone is 1. The van der Waals surface area contributed by atoms with Gasteiger partial charge < -0.3 is 24.8 Å². The summed E-state index contributed by atoms with van der Waals surface area (Å²) >= 11 is 1.56. The third-order valence-corrected chi connectivity index (χ3v) is 10.8. The minimum absolute atomic E-state index is 0.0695. The molecule has 2 N–H and O–H groups in total. The van der Waals surface area contributed by atoms with E-state index in [4.69, 9.17) is 19.4 Å². The second-order valence-electron chi connectivity index (χ2n) is 13.6. The Morgan fingerprint density at radius 2 is 2.00 bits per heavy atom. The van der Waals surface area contributed by atoms with Crippen molar-refractivity contribution in [2.75, 3.05) is 20.7 Å². The van der Waals surface area contributed by atoms with E-state index in [0.717, 1.165) is 70.7 Å². The number of nitrogens with zero attached hydrogens (tertiary/aromatic N) is 3. The van der Waals surface area contributed by atoms with E-state index in [-0.39, 0.29) is 29.8 Å². The molecule has 10 nitrogen and oxygen atoms in total. The number of methoxy groups -OCH3 is 1. The molecule has 5 rings (SSSR count). The van der Waals surface area contributed by atoms with E-state index < -0.39 is 11.5 Å². The Balaban J connectivity index is 1.31. The molecule has 2 aliphatic rings. The number of pyridine rings is 1. The van der Waals surface area contributed by atoms with Gasteiger partial charge in [0, 0.05) is 47.8 Å². The Morgan fingerprint density at radius 1 is 1.21 bits per heavy atom. The van der Waals surface area contributed by atoms with Crippen LogP contribution >= 0.6 is 11.3 Å². The predicted molar refractivity (Wildman–Crippen MR) is 187 cm³/mol. The van der Waals surface area contributed by atoms with Gasteiger partial charge >= 0.3 is 5.97 Å². The number of unbranched alkanes of at least 4 members (excludes halogenated alkanes) is 2. The molecule has 0 spiro atoms. The molecule has 5 atom stereocenters. The number of ether oxygens (including phenoxy) is 2. The molecule has 1 unspecified atom stereocenters. The maximum atomic E-state index is 13.7. The molecule has 0 aliphatic heterocycles. The Labute approximate surface area is 286 Å². The maximum Gasteiger partial charge on any atom is 0.330 e. The Hall–Kier alpha value is -3.99. The van der Waals surface area contributed by atoms with Crippen LogP contribution in [0.5, 0.6) is 11.5 Å². The average molecular weight is 677 g/mol. The first-order chi connectivity index (χ1) is 23.0. The number of benzene rings is 1. The highest BCUT2D eigenvalue weighted by molar-refractivity contribution is 7.13. The van der Waals surface area contributed by atoms with Gasteiger partial charge in [0.05, 0.1) is 24.4 Å². The van der Waals surface area contributed by atoms with E-state index in [1.165, 1.54) is 0 Å². The Morgan fingerprint density at radius 3 is 2.67 bits per heavy atom. The summed E-state index contributed by atoms with van der Waals surface area (Å²) in [5, 5.41) is 16.9. The molecule has 2 aliphatic carbocycles. The van der Waals surface area contributed by atoms with Crippen molar-refractivity contribution in [3.63, 3.8) is 0 Å². The van der Waals surface area contributed by atoms with Gasteiger partial charge in [-0.1, -0.05) is 39.3 Å². The number of aryl methyl sites for hydroxylation is 1. The van der Waals surface area contributed by atoms with E-state index in [0.29, 0.717) is 37.5 Å². The van der Waals surface area contributed by atoms with E-state index in [1.54, 1.807) is 30.4 Å². The number of aromatic nitrogens is 2. The van der Waals surface area contributed by atoms with Gasteiger partial charge in [0.25, 0.3) is 0 Å². The fourth-order valence-corrected chi connectivity index (χ4v) is 7.75. The number of aliphatic carboxylic acids is 1. The lowest BCUT2D eigenvalue weighted by Gasteiger charge is -2.21. The number of amides is 2. The van der Waals surface area contributed by atoms with Crippen LogP contribution in [0.15, 0.2) is 35.7 Å². The molecule has 11 heteroatoms. The monoisotopic (exact) mass is 676 g/mol. The number of fused-ring (bicyclic) bond motifs is 1. The molecule has 2 amide bonds. The Kier molecular flexibility index (Phi) is 11.1. The van der Waals surface area contributed by atoms with Gasteiger partial charge in [-0.05, 0) is 69.4 Å². The number of thiazole rings is 1. The average Bonchev–Trinajstić information content (AvgIpc) is 3.38. The Bertz CT molecular complexity index is 1670. The van der Waals surface area contributed by atoms with E-state index in [1.807, 2.05) is 37.3 Å². The van der Waals surface area contributed by atoms with Crippen LogP contribution in [-0.2, 0) is 14.4 Å². The van der Waals surface area contributed by atoms with Crippen LogP contribution in [0.25, 0.3) is 21.6 Å². The third-order valence-electron chi connectivity index (χ3n) is 9.93. The fourth-order valence-electron chi connectivity index (χ4n) is 6.81. The fraction of sp³-hybridized carbons (Fsp3) is 0.541. The molecule has 48 heavy (non-hydrogen) atoms. The summed E-state index contributed by atoms with van der Waals surface area (Å²) < 4.78 is 12.3. The van der Waals surface area contributed by atoms with Crippen molar-refractivity contribution < 1.29 is 29.0 Å². The summed E-state index contributed by atoms with van der Waals surface area (Å²) in [6.45, 7) is 8.98. The number of carbonyl (C=O) groups excluding carboxylic acids is 2. The van der Waals surface area contributed by atoms with E-state index in [9.17, 15) is 19.5 Å². The smallest absolute Gasteiger partial charge is 0.330 e. The van der Waals surface area contributed by atoms with Crippen LogP contribution in [0.3, 0.4) is 0 Å².